The molecule has 8 nitrogen and oxygen atoms in total. The van der Waals surface area contributed by atoms with Crippen molar-refractivity contribution in [1.29, 1.82) is 0 Å². The van der Waals surface area contributed by atoms with Crippen molar-refractivity contribution in [1.82, 2.24) is 4.98 Å². The number of rotatable bonds is 3. The van der Waals surface area contributed by atoms with Crippen LogP contribution in [0.25, 0.3) is 10.4 Å². The molecule has 5 atom stereocenters. The topological polar surface area (TPSA) is 132 Å². The molecule has 0 bridgehead atoms. The van der Waals surface area contributed by atoms with Gasteiger partial charge in [0.1, 0.15) is 12.2 Å². The Kier molecular flexibility index (Phi) is 4.35. The summed E-state index contributed by atoms with van der Waals surface area (Å²) in [5.41, 5.74) is 8.99. The van der Waals surface area contributed by atoms with Crippen LogP contribution in [-0.4, -0.2) is 51.3 Å². The second-order valence-corrected chi connectivity index (χ2v) is 5.31. The van der Waals surface area contributed by atoms with E-state index in [2.05, 4.69) is 15.0 Å². The van der Waals surface area contributed by atoms with Crippen LogP contribution in [0.15, 0.2) is 10.5 Å². The van der Waals surface area contributed by atoms with Gasteiger partial charge in [-0.1, -0.05) is 5.11 Å². The molecule has 1 aliphatic rings. The van der Waals surface area contributed by atoms with E-state index in [0.717, 1.165) is 5.01 Å². The molecule has 0 spiro atoms. The van der Waals surface area contributed by atoms with Gasteiger partial charge in [0.2, 0.25) is 0 Å². The highest BCUT2D eigenvalue weighted by atomic mass is 32.1. The Morgan fingerprint density at radius 2 is 2.26 bits per heavy atom. The Bertz CT molecular complexity index is 490. The molecule has 1 aliphatic heterocycles. The first-order valence-corrected chi connectivity index (χ1v) is 6.55. The van der Waals surface area contributed by atoms with Crippen LogP contribution in [0.4, 0.5) is 0 Å². The van der Waals surface area contributed by atoms with Crippen LogP contribution in [0, 0.1) is 6.92 Å². The first-order valence-electron chi connectivity index (χ1n) is 5.67. The third-order valence-corrected chi connectivity index (χ3v) is 3.80. The summed E-state index contributed by atoms with van der Waals surface area (Å²) in [5.74, 6) is 0. The largest absolute Gasteiger partial charge is 0.394 e. The van der Waals surface area contributed by atoms with Crippen molar-refractivity contribution in [3.63, 3.8) is 0 Å². The quantitative estimate of drug-likeness (QED) is 0.417. The molecule has 9 heteroatoms. The van der Waals surface area contributed by atoms with Crippen molar-refractivity contribution >= 4 is 11.3 Å². The third kappa shape index (κ3) is 2.71. The van der Waals surface area contributed by atoms with Gasteiger partial charge in [0.05, 0.1) is 35.6 Å². The summed E-state index contributed by atoms with van der Waals surface area (Å²) in [6.07, 6.45) is -4.23. The first kappa shape index (κ1) is 14.2. The zero-order chi connectivity index (χ0) is 14.0. The summed E-state index contributed by atoms with van der Waals surface area (Å²) in [5, 5.41) is 35.1. The maximum absolute atomic E-state index is 10.1. The maximum Gasteiger partial charge on any atom is 0.127 e. The lowest BCUT2D eigenvalue weighted by atomic mass is 9.92. The van der Waals surface area contributed by atoms with Gasteiger partial charge in [0.25, 0.3) is 0 Å². The van der Waals surface area contributed by atoms with Gasteiger partial charge >= 0.3 is 0 Å². The van der Waals surface area contributed by atoms with Crippen molar-refractivity contribution in [2.75, 3.05) is 6.61 Å². The van der Waals surface area contributed by atoms with Crippen molar-refractivity contribution in [2.45, 2.75) is 37.4 Å². The molecular formula is C10H14N4O4S. The van der Waals surface area contributed by atoms with E-state index in [4.69, 9.17) is 10.3 Å². The van der Waals surface area contributed by atoms with Crippen molar-refractivity contribution in [2.24, 2.45) is 5.11 Å². The SMILES string of the molecule is Cc1nc([C@@H]2O[C@H](CO)[C@H](O)C(N=[N+]=[N-])[C@H]2O)cs1. The Morgan fingerprint density at radius 1 is 1.53 bits per heavy atom. The van der Waals surface area contributed by atoms with Crippen LogP contribution < -0.4 is 0 Å². The number of aliphatic hydroxyl groups excluding tert-OH is 3. The molecule has 19 heavy (non-hydrogen) atoms. The summed E-state index contributed by atoms with van der Waals surface area (Å²) >= 11 is 1.39. The van der Waals surface area contributed by atoms with Crippen molar-refractivity contribution < 1.29 is 20.1 Å². The van der Waals surface area contributed by atoms with E-state index in [1.165, 1.54) is 11.3 Å². The number of hydrogen-bond donors (Lipinski definition) is 3. The second kappa shape index (κ2) is 5.83. The molecule has 1 aromatic rings. The maximum atomic E-state index is 10.1. The summed E-state index contributed by atoms with van der Waals surface area (Å²) in [7, 11) is 0. The number of nitrogens with zero attached hydrogens (tertiary/aromatic N) is 4. The molecule has 1 unspecified atom stereocenters. The van der Waals surface area contributed by atoms with E-state index in [0.29, 0.717) is 5.69 Å². The lowest BCUT2D eigenvalue weighted by Gasteiger charge is -2.39. The van der Waals surface area contributed by atoms with Gasteiger partial charge in [-0.15, -0.1) is 11.3 Å². The monoisotopic (exact) mass is 286 g/mol. The third-order valence-electron chi connectivity index (χ3n) is 3.01. The zero-order valence-corrected chi connectivity index (χ0v) is 10.9. The van der Waals surface area contributed by atoms with Crippen LogP contribution >= 0.6 is 11.3 Å². The number of ether oxygens (including phenoxy) is 1. The Balaban J connectivity index is 2.31. The summed E-state index contributed by atoms with van der Waals surface area (Å²) in [6.45, 7) is 1.37. The standard InChI is InChI=1S/C10H14N4O4S/c1-4-12-5(3-19-4)10-9(17)7(13-14-11)8(16)6(2-15)18-10/h3,6-10,15-17H,2H2,1H3/t6-,7?,8+,9-,10+/m1/s1. The van der Waals surface area contributed by atoms with Gasteiger partial charge < -0.3 is 20.1 Å². The van der Waals surface area contributed by atoms with Gasteiger partial charge in [-0.3, -0.25) is 0 Å². The molecule has 104 valence electrons. The van der Waals surface area contributed by atoms with Gasteiger partial charge in [0, 0.05) is 10.3 Å². The predicted molar refractivity (Wildman–Crippen MR) is 66.5 cm³/mol. The summed E-state index contributed by atoms with van der Waals surface area (Å²) in [4.78, 5) is 6.82. The Morgan fingerprint density at radius 3 is 2.79 bits per heavy atom. The van der Waals surface area contributed by atoms with Gasteiger partial charge in [-0.05, 0) is 12.5 Å². The highest BCUT2D eigenvalue weighted by molar-refractivity contribution is 7.09. The van der Waals surface area contributed by atoms with Crippen LogP contribution in [-0.2, 0) is 4.74 Å². The second-order valence-electron chi connectivity index (χ2n) is 4.25. The van der Waals surface area contributed by atoms with E-state index >= 15 is 0 Å². The molecule has 1 fully saturated rings. The number of aryl methyl sites for hydroxylation is 1. The van der Waals surface area contributed by atoms with Crippen LogP contribution in [0.5, 0.6) is 0 Å². The molecule has 0 aromatic carbocycles. The van der Waals surface area contributed by atoms with Gasteiger partial charge in [-0.25, -0.2) is 4.98 Å². The molecule has 0 amide bonds. The van der Waals surface area contributed by atoms with Crippen LogP contribution in [0.3, 0.4) is 0 Å². The molecule has 2 rings (SSSR count). The van der Waals surface area contributed by atoms with Crippen molar-refractivity contribution in [3.05, 3.63) is 26.5 Å². The van der Waals surface area contributed by atoms with Gasteiger partial charge in [-0.2, -0.15) is 0 Å². The summed E-state index contributed by atoms with van der Waals surface area (Å²) in [6, 6.07) is -1.08. The minimum Gasteiger partial charge on any atom is -0.394 e. The van der Waals surface area contributed by atoms with Crippen molar-refractivity contribution in [3.8, 4) is 0 Å². The fraction of sp³-hybridized carbons (Fsp3) is 0.700. The lowest BCUT2D eigenvalue weighted by molar-refractivity contribution is -0.191. The minimum atomic E-state index is -1.26. The number of hydrogen-bond acceptors (Lipinski definition) is 7. The highest BCUT2D eigenvalue weighted by Crippen LogP contribution is 2.34. The zero-order valence-electron chi connectivity index (χ0n) is 10.1. The molecule has 1 saturated heterocycles. The average molecular weight is 286 g/mol. The molecule has 0 saturated carbocycles. The molecule has 2 heterocycles. The predicted octanol–water partition coefficient (Wildman–Crippen LogP) is 0.284. The Hall–Kier alpha value is -1.22. The van der Waals surface area contributed by atoms with E-state index in [9.17, 15) is 15.3 Å². The Labute approximate surface area is 112 Å². The normalized spacial score (nSPS) is 34.8. The van der Waals surface area contributed by atoms with Crippen LogP contribution in [0.1, 0.15) is 16.8 Å². The van der Waals surface area contributed by atoms with E-state index in [1.54, 1.807) is 5.38 Å². The average Bonchev–Trinajstić information content (AvgIpc) is 2.81. The first-order chi connectivity index (χ1) is 9.08. The smallest absolute Gasteiger partial charge is 0.127 e. The summed E-state index contributed by atoms with van der Waals surface area (Å²) < 4.78 is 5.45. The van der Waals surface area contributed by atoms with E-state index in [1.807, 2.05) is 6.92 Å². The fourth-order valence-corrected chi connectivity index (χ4v) is 2.69. The fourth-order valence-electron chi connectivity index (χ4n) is 2.05. The minimum absolute atomic E-state index is 0.440. The molecule has 0 radical (unpaired) electrons. The molecular weight excluding hydrogens is 272 g/mol. The molecule has 0 aliphatic carbocycles. The number of aromatic nitrogens is 1. The van der Waals surface area contributed by atoms with Crippen LogP contribution in [0.2, 0.25) is 0 Å². The van der Waals surface area contributed by atoms with E-state index in [-0.39, 0.29) is 0 Å². The lowest BCUT2D eigenvalue weighted by Crippen LogP contribution is -2.54. The number of azide groups is 1. The molecule has 1 aromatic heterocycles. The van der Waals surface area contributed by atoms with E-state index < -0.39 is 37.1 Å². The number of aliphatic hydroxyl groups is 3. The molecule has 3 N–H and O–H groups in total. The number of thiazole rings is 1. The highest BCUT2D eigenvalue weighted by Gasteiger charge is 2.45. The van der Waals surface area contributed by atoms with Gasteiger partial charge in [0.15, 0.2) is 0 Å².